The van der Waals surface area contributed by atoms with Gasteiger partial charge in [0.25, 0.3) is 5.91 Å². The van der Waals surface area contributed by atoms with Gasteiger partial charge in [-0.1, -0.05) is 23.5 Å². The average Bonchev–Trinajstić information content (AvgIpc) is 3.27. The Balaban J connectivity index is 2.02. The molecule has 0 aliphatic heterocycles. The summed E-state index contributed by atoms with van der Waals surface area (Å²) in [5.41, 5.74) is 7.40. The summed E-state index contributed by atoms with van der Waals surface area (Å²) in [5.74, 6) is 5.15. The first-order valence-corrected chi connectivity index (χ1v) is 6.97. The summed E-state index contributed by atoms with van der Waals surface area (Å²) in [6.07, 6.45) is 2.05. The largest absolute Gasteiger partial charge is 0.352 e. The standard InChI is InChI=1S/C16H19N3O2/c1-11-4-5-12(3-2-8-17)14(9-11)16(21)18-10-15(20)19-13-6-7-13/h4-5,9,13H,6-8,10,17H2,1H3,(H,18,21)(H,19,20). The zero-order chi connectivity index (χ0) is 15.2. The summed E-state index contributed by atoms with van der Waals surface area (Å²) < 4.78 is 0. The number of amides is 2. The first-order valence-electron chi connectivity index (χ1n) is 6.97. The molecule has 0 radical (unpaired) electrons. The van der Waals surface area contributed by atoms with E-state index in [0.717, 1.165) is 18.4 Å². The third kappa shape index (κ3) is 4.62. The second kappa shape index (κ2) is 6.91. The van der Waals surface area contributed by atoms with Crippen LogP contribution >= 0.6 is 0 Å². The Morgan fingerprint density at radius 1 is 1.38 bits per heavy atom. The lowest BCUT2D eigenvalue weighted by Gasteiger charge is -2.08. The molecule has 0 unspecified atom stereocenters. The first-order chi connectivity index (χ1) is 10.1. The Morgan fingerprint density at radius 2 is 2.14 bits per heavy atom. The van der Waals surface area contributed by atoms with E-state index in [4.69, 9.17) is 5.73 Å². The lowest BCUT2D eigenvalue weighted by atomic mass is 10.0. The molecule has 0 saturated heterocycles. The molecule has 1 aliphatic rings. The second-order valence-electron chi connectivity index (χ2n) is 5.08. The number of hydrogen-bond acceptors (Lipinski definition) is 3. The van der Waals surface area contributed by atoms with E-state index >= 15 is 0 Å². The summed E-state index contributed by atoms with van der Waals surface area (Å²) in [7, 11) is 0. The van der Waals surface area contributed by atoms with Crippen LogP contribution in [0.4, 0.5) is 0 Å². The fraction of sp³-hybridized carbons (Fsp3) is 0.375. The van der Waals surface area contributed by atoms with Crippen molar-refractivity contribution >= 4 is 11.8 Å². The van der Waals surface area contributed by atoms with Gasteiger partial charge in [0.1, 0.15) is 0 Å². The summed E-state index contributed by atoms with van der Waals surface area (Å²) in [4.78, 5) is 23.8. The number of aryl methyl sites for hydroxylation is 1. The van der Waals surface area contributed by atoms with Crippen molar-refractivity contribution < 1.29 is 9.59 Å². The lowest BCUT2D eigenvalue weighted by molar-refractivity contribution is -0.120. The molecule has 0 aromatic heterocycles. The van der Waals surface area contributed by atoms with E-state index < -0.39 is 0 Å². The highest BCUT2D eigenvalue weighted by Crippen LogP contribution is 2.18. The predicted octanol–water partition coefficient (Wildman–Crippen LogP) is 0.314. The van der Waals surface area contributed by atoms with Crippen LogP contribution < -0.4 is 16.4 Å². The molecule has 0 bridgehead atoms. The molecule has 1 aromatic rings. The molecular weight excluding hydrogens is 266 g/mol. The van der Waals surface area contributed by atoms with Crippen LogP contribution in [0, 0.1) is 18.8 Å². The van der Waals surface area contributed by atoms with Gasteiger partial charge in [-0.05, 0) is 31.9 Å². The van der Waals surface area contributed by atoms with Crippen LogP contribution in [-0.4, -0.2) is 30.9 Å². The van der Waals surface area contributed by atoms with Gasteiger partial charge in [-0.15, -0.1) is 0 Å². The number of rotatable bonds is 4. The van der Waals surface area contributed by atoms with Crippen molar-refractivity contribution in [1.29, 1.82) is 0 Å². The zero-order valence-electron chi connectivity index (χ0n) is 12.0. The van der Waals surface area contributed by atoms with E-state index in [9.17, 15) is 9.59 Å². The number of nitrogens with one attached hydrogen (secondary N) is 2. The topological polar surface area (TPSA) is 84.2 Å². The SMILES string of the molecule is Cc1ccc(C#CCN)c(C(=O)NCC(=O)NC2CC2)c1. The van der Waals surface area contributed by atoms with E-state index in [-0.39, 0.29) is 24.9 Å². The molecule has 110 valence electrons. The molecule has 1 saturated carbocycles. The summed E-state index contributed by atoms with van der Waals surface area (Å²) in [5, 5.41) is 5.45. The summed E-state index contributed by atoms with van der Waals surface area (Å²) >= 11 is 0. The normalized spacial score (nSPS) is 13.0. The van der Waals surface area contributed by atoms with Crippen LogP contribution in [0.5, 0.6) is 0 Å². The number of carbonyl (C=O) groups excluding carboxylic acids is 2. The van der Waals surface area contributed by atoms with Crippen molar-refractivity contribution in [3.05, 3.63) is 34.9 Å². The van der Waals surface area contributed by atoms with Crippen molar-refractivity contribution in [1.82, 2.24) is 10.6 Å². The predicted molar refractivity (Wildman–Crippen MR) is 80.6 cm³/mol. The molecule has 0 heterocycles. The van der Waals surface area contributed by atoms with Gasteiger partial charge in [-0.25, -0.2) is 0 Å². The molecule has 2 amide bonds. The Bertz CT molecular complexity index is 610. The molecule has 1 aromatic carbocycles. The maximum absolute atomic E-state index is 12.2. The van der Waals surface area contributed by atoms with Gasteiger partial charge in [0.05, 0.1) is 18.7 Å². The minimum Gasteiger partial charge on any atom is -0.352 e. The van der Waals surface area contributed by atoms with Crippen LogP contribution in [0.15, 0.2) is 18.2 Å². The van der Waals surface area contributed by atoms with Crippen LogP contribution in [0.2, 0.25) is 0 Å². The highest BCUT2D eigenvalue weighted by Gasteiger charge is 2.23. The molecule has 1 fully saturated rings. The molecule has 21 heavy (non-hydrogen) atoms. The Morgan fingerprint density at radius 3 is 2.81 bits per heavy atom. The average molecular weight is 285 g/mol. The fourth-order valence-corrected chi connectivity index (χ4v) is 1.86. The van der Waals surface area contributed by atoms with E-state index in [0.29, 0.717) is 17.2 Å². The molecule has 0 spiro atoms. The first kappa shape index (κ1) is 15.1. The highest BCUT2D eigenvalue weighted by atomic mass is 16.2. The van der Waals surface area contributed by atoms with Crippen LogP contribution in [0.25, 0.3) is 0 Å². The van der Waals surface area contributed by atoms with E-state index in [1.54, 1.807) is 12.1 Å². The Kier molecular flexibility index (Phi) is 4.96. The maximum atomic E-state index is 12.2. The molecule has 1 aliphatic carbocycles. The Hall–Kier alpha value is -2.32. The van der Waals surface area contributed by atoms with E-state index in [1.807, 2.05) is 13.0 Å². The summed E-state index contributed by atoms with van der Waals surface area (Å²) in [6, 6.07) is 5.72. The molecule has 5 nitrogen and oxygen atoms in total. The van der Waals surface area contributed by atoms with Gasteiger partial charge in [-0.3, -0.25) is 9.59 Å². The van der Waals surface area contributed by atoms with Gasteiger partial charge in [0.15, 0.2) is 0 Å². The molecule has 4 N–H and O–H groups in total. The third-order valence-corrected chi connectivity index (χ3v) is 3.10. The van der Waals surface area contributed by atoms with Gasteiger partial charge >= 0.3 is 0 Å². The fourth-order valence-electron chi connectivity index (χ4n) is 1.86. The number of benzene rings is 1. The van der Waals surface area contributed by atoms with Crippen molar-refractivity contribution in [3.63, 3.8) is 0 Å². The van der Waals surface area contributed by atoms with Crippen molar-refractivity contribution in [2.45, 2.75) is 25.8 Å². The number of hydrogen-bond donors (Lipinski definition) is 3. The Labute approximate surface area is 124 Å². The van der Waals surface area contributed by atoms with Crippen LogP contribution in [0.3, 0.4) is 0 Å². The van der Waals surface area contributed by atoms with Gasteiger partial charge < -0.3 is 16.4 Å². The van der Waals surface area contributed by atoms with Crippen molar-refractivity contribution in [3.8, 4) is 11.8 Å². The molecule has 0 atom stereocenters. The van der Waals surface area contributed by atoms with Gasteiger partial charge in [-0.2, -0.15) is 0 Å². The zero-order valence-corrected chi connectivity index (χ0v) is 12.0. The van der Waals surface area contributed by atoms with Crippen LogP contribution in [-0.2, 0) is 4.79 Å². The van der Waals surface area contributed by atoms with Crippen molar-refractivity contribution in [2.24, 2.45) is 5.73 Å². The number of carbonyl (C=O) groups is 2. The number of nitrogens with two attached hydrogens (primary N) is 1. The second-order valence-corrected chi connectivity index (χ2v) is 5.08. The molecular formula is C16H19N3O2. The minimum absolute atomic E-state index is 0.0208. The third-order valence-electron chi connectivity index (χ3n) is 3.10. The highest BCUT2D eigenvalue weighted by molar-refractivity contribution is 5.98. The van der Waals surface area contributed by atoms with Gasteiger partial charge in [0, 0.05) is 11.6 Å². The van der Waals surface area contributed by atoms with E-state index in [2.05, 4.69) is 22.5 Å². The molecule has 5 heteroatoms. The minimum atomic E-state index is -0.300. The molecule has 2 rings (SSSR count). The quantitative estimate of drug-likeness (QED) is 0.696. The smallest absolute Gasteiger partial charge is 0.252 e. The summed E-state index contributed by atoms with van der Waals surface area (Å²) in [6.45, 7) is 2.11. The van der Waals surface area contributed by atoms with Crippen molar-refractivity contribution in [2.75, 3.05) is 13.1 Å². The maximum Gasteiger partial charge on any atom is 0.252 e. The van der Waals surface area contributed by atoms with Gasteiger partial charge in [0.2, 0.25) is 5.91 Å². The lowest BCUT2D eigenvalue weighted by Crippen LogP contribution is -2.38. The van der Waals surface area contributed by atoms with Crippen LogP contribution in [0.1, 0.15) is 34.3 Å². The monoisotopic (exact) mass is 285 g/mol. The van der Waals surface area contributed by atoms with E-state index in [1.165, 1.54) is 0 Å².